The summed E-state index contributed by atoms with van der Waals surface area (Å²) in [5, 5.41) is 3.77. The third-order valence-electron chi connectivity index (χ3n) is 4.97. The van der Waals surface area contributed by atoms with Gasteiger partial charge in [0.25, 0.3) is 0 Å². The normalized spacial score (nSPS) is 28.1. The number of ether oxygens (including phenoxy) is 2. The second-order valence-electron chi connectivity index (χ2n) is 6.33. The number of hydrogen-bond donors (Lipinski definition) is 1. The fraction of sp³-hybridized carbons (Fsp3) is 0.933. The molecule has 0 atom stereocenters. The summed E-state index contributed by atoms with van der Waals surface area (Å²) in [6.45, 7) is 4.96. The van der Waals surface area contributed by atoms with E-state index in [9.17, 15) is 4.79 Å². The maximum absolute atomic E-state index is 11.3. The number of nitrogens with one attached hydrogen (secondary N) is 1. The van der Waals surface area contributed by atoms with Crippen LogP contribution in [0.1, 0.15) is 45.4 Å². The first-order valence-corrected chi connectivity index (χ1v) is 7.96. The van der Waals surface area contributed by atoms with Crippen molar-refractivity contribution in [3.8, 4) is 0 Å². The molecule has 5 nitrogen and oxygen atoms in total. The summed E-state index contributed by atoms with van der Waals surface area (Å²) in [6, 6.07) is 1.15. The summed E-state index contributed by atoms with van der Waals surface area (Å²) in [4.78, 5) is 13.3. The Balaban J connectivity index is 1.41. The van der Waals surface area contributed by atoms with Crippen molar-refractivity contribution in [1.29, 1.82) is 0 Å². The highest BCUT2D eigenvalue weighted by Crippen LogP contribution is 2.36. The molecule has 1 amide bonds. The molecule has 20 heavy (non-hydrogen) atoms. The van der Waals surface area contributed by atoms with Crippen LogP contribution in [-0.4, -0.2) is 55.0 Å². The highest BCUT2D eigenvalue weighted by atomic mass is 16.7. The zero-order chi connectivity index (χ0) is 14.0. The molecule has 0 aromatic heterocycles. The van der Waals surface area contributed by atoms with Crippen molar-refractivity contribution in [2.24, 2.45) is 0 Å². The maximum Gasteiger partial charge on any atom is 0.219 e. The Hall–Kier alpha value is -0.650. The van der Waals surface area contributed by atoms with Gasteiger partial charge in [0.1, 0.15) is 0 Å². The number of carbonyl (C=O) groups is 1. The third kappa shape index (κ3) is 3.15. The topological polar surface area (TPSA) is 50.8 Å². The zero-order valence-corrected chi connectivity index (χ0v) is 12.4. The van der Waals surface area contributed by atoms with E-state index in [0.717, 1.165) is 64.8 Å². The fourth-order valence-electron chi connectivity index (χ4n) is 3.70. The molecular weight excluding hydrogens is 256 g/mol. The average molecular weight is 282 g/mol. The molecule has 1 saturated carbocycles. The van der Waals surface area contributed by atoms with Gasteiger partial charge in [-0.05, 0) is 25.7 Å². The van der Waals surface area contributed by atoms with E-state index in [1.807, 2.05) is 4.90 Å². The summed E-state index contributed by atoms with van der Waals surface area (Å²) in [6.07, 6.45) is 6.44. The van der Waals surface area contributed by atoms with Gasteiger partial charge in [-0.15, -0.1) is 0 Å². The minimum atomic E-state index is -0.254. The Kier molecular flexibility index (Phi) is 4.29. The number of carbonyl (C=O) groups excluding carboxylic acids is 1. The van der Waals surface area contributed by atoms with Crippen LogP contribution in [0.15, 0.2) is 0 Å². The van der Waals surface area contributed by atoms with Crippen LogP contribution >= 0.6 is 0 Å². The molecule has 0 radical (unpaired) electrons. The highest BCUT2D eigenvalue weighted by molar-refractivity contribution is 5.73. The molecule has 0 bridgehead atoms. The van der Waals surface area contributed by atoms with Gasteiger partial charge in [-0.1, -0.05) is 0 Å². The van der Waals surface area contributed by atoms with E-state index < -0.39 is 0 Å². The largest absolute Gasteiger partial charge is 0.348 e. The lowest BCUT2D eigenvalue weighted by molar-refractivity contribution is -0.179. The summed E-state index contributed by atoms with van der Waals surface area (Å²) < 4.78 is 11.5. The van der Waals surface area contributed by atoms with Gasteiger partial charge in [-0.3, -0.25) is 4.79 Å². The van der Waals surface area contributed by atoms with Crippen LogP contribution < -0.4 is 5.32 Å². The molecule has 2 heterocycles. The van der Waals surface area contributed by atoms with E-state index in [4.69, 9.17) is 9.47 Å². The summed E-state index contributed by atoms with van der Waals surface area (Å²) in [5.74, 6) is -0.0468. The lowest BCUT2D eigenvalue weighted by atomic mass is 9.89. The summed E-state index contributed by atoms with van der Waals surface area (Å²) >= 11 is 0. The van der Waals surface area contributed by atoms with Crippen molar-refractivity contribution >= 4 is 5.91 Å². The van der Waals surface area contributed by atoms with Crippen LogP contribution in [0.4, 0.5) is 0 Å². The van der Waals surface area contributed by atoms with E-state index in [-0.39, 0.29) is 11.7 Å². The van der Waals surface area contributed by atoms with E-state index in [2.05, 4.69) is 5.32 Å². The molecule has 1 N–H and O–H groups in total. The van der Waals surface area contributed by atoms with E-state index in [1.54, 1.807) is 6.92 Å². The Bertz CT molecular complexity index is 337. The lowest BCUT2D eigenvalue weighted by Crippen LogP contribution is -2.49. The molecule has 1 aliphatic carbocycles. The van der Waals surface area contributed by atoms with Gasteiger partial charge in [-0.2, -0.15) is 0 Å². The van der Waals surface area contributed by atoms with Crippen LogP contribution in [0.5, 0.6) is 0 Å². The minimum Gasteiger partial charge on any atom is -0.348 e. The van der Waals surface area contributed by atoms with E-state index in [0.29, 0.717) is 12.1 Å². The minimum absolute atomic E-state index is 0.207. The van der Waals surface area contributed by atoms with Crippen molar-refractivity contribution in [1.82, 2.24) is 10.2 Å². The second kappa shape index (κ2) is 6.00. The Morgan fingerprint density at radius 3 is 2.15 bits per heavy atom. The van der Waals surface area contributed by atoms with Crippen molar-refractivity contribution in [2.75, 3.05) is 26.3 Å². The van der Waals surface area contributed by atoms with Gasteiger partial charge in [-0.25, -0.2) is 0 Å². The predicted octanol–water partition coefficient (Wildman–Crippen LogP) is 1.27. The average Bonchev–Trinajstić information content (AvgIpc) is 2.91. The molecule has 2 saturated heterocycles. The molecule has 0 aromatic carbocycles. The first-order valence-electron chi connectivity index (χ1n) is 7.96. The van der Waals surface area contributed by atoms with E-state index >= 15 is 0 Å². The van der Waals surface area contributed by atoms with Gasteiger partial charge in [0.15, 0.2) is 5.79 Å². The van der Waals surface area contributed by atoms with Crippen molar-refractivity contribution < 1.29 is 14.3 Å². The Labute approximate surface area is 121 Å². The monoisotopic (exact) mass is 282 g/mol. The molecule has 3 rings (SSSR count). The van der Waals surface area contributed by atoms with E-state index in [1.165, 1.54) is 0 Å². The van der Waals surface area contributed by atoms with Crippen LogP contribution in [0.25, 0.3) is 0 Å². The first kappa shape index (κ1) is 14.3. The first-order chi connectivity index (χ1) is 9.67. The molecule has 2 aliphatic heterocycles. The molecule has 0 aromatic rings. The standard InChI is InChI=1S/C15H26N2O3/c1-12(18)17-8-4-14(5-9-17)16-13-2-6-15(7-3-13)19-10-11-20-15/h13-14,16H,2-11H2,1H3. The molecule has 0 unspecified atom stereocenters. The maximum atomic E-state index is 11.3. The van der Waals surface area contributed by atoms with Gasteiger partial charge in [0.05, 0.1) is 13.2 Å². The van der Waals surface area contributed by atoms with Crippen molar-refractivity contribution in [3.05, 3.63) is 0 Å². The van der Waals surface area contributed by atoms with Crippen LogP contribution in [-0.2, 0) is 14.3 Å². The number of amides is 1. The van der Waals surface area contributed by atoms with Gasteiger partial charge >= 0.3 is 0 Å². The Morgan fingerprint density at radius 2 is 1.60 bits per heavy atom. The number of piperidine rings is 1. The molecule has 3 fully saturated rings. The zero-order valence-electron chi connectivity index (χ0n) is 12.4. The smallest absolute Gasteiger partial charge is 0.219 e. The quantitative estimate of drug-likeness (QED) is 0.829. The van der Waals surface area contributed by atoms with Gasteiger partial charge in [0.2, 0.25) is 5.91 Å². The van der Waals surface area contributed by atoms with Crippen LogP contribution in [0.3, 0.4) is 0 Å². The van der Waals surface area contributed by atoms with Crippen LogP contribution in [0, 0.1) is 0 Å². The fourth-order valence-corrected chi connectivity index (χ4v) is 3.70. The second-order valence-corrected chi connectivity index (χ2v) is 6.33. The summed E-state index contributed by atoms with van der Waals surface area (Å²) in [5.41, 5.74) is 0. The Morgan fingerprint density at radius 1 is 1.05 bits per heavy atom. The van der Waals surface area contributed by atoms with Crippen molar-refractivity contribution in [3.63, 3.8) is 0 Å². The highest BCUT2D eigenvalue weighted by Gasteiger charge is 2.40. The predicted molar refractivity (Wildman–Crippen MR) is 75.3 cm³/mol. The van der Waals surface area contributed by atoms with Crippen molar-refractivity contribution in [2.45, 2.75) is 63.3 Å². The number of likely N-dealkylation sites (tertiary alicyclic amines) is 1. The van der Waals surface area contributed by atoms with Gasteiger partial charge < -0.3 is 19.7 Å². The molecule has 1 spiro atoms. The number of nitrogens with zero attached hydrogens (tertiary/aromatic N) is 1. The molecule has 114 valence electrons. The number of hydrogen-bond acceptors (Lipinski definition) is 4. The molecular formula is C15H26N2O3. The molecule has 3 aliphatic rings. The molecule has 5 heteroatoms. The van der Waals surface area contributed by atoms with Gasteiger partial charge in [0, 0.05) is 44.9 Å². The lowest BCUT2D eigenvalue weighted by Gasteiger charge is -2.39. The summed E-state index contributed by atoms with van der Waals surface area (Å²) in [7, 11) is 0. The number of rotatable bonds is 2. The third-order valence-corrected chi connectivity index (χ3v) is 4.97. The van der Waals surface area contributed by atoms with Crippen LogP contribution in [0.2, 0.25) is 0 Å². The SMILES string of the molecule is CC(=O)N1CCC(NC2CCC3(CC2)OCCO3)CC1.